The van der Waals surface area contributed by atoms with Crippen LogP contribution < -0.4 is 10.1 Å². The quantitative estimate of drug-likeness (QED) is 0.224. The van der Waals surface area contributed by atoms with Crippen LogP contribution in [0.2, 0.25) is 5.02 Å². The van der Waals surface area contributed by atoms with Gasteiger partial charge in [0, 0.05) is 23.8 Å². The molecule has 0 fully saturated rings. The van der Waals surface area contributed by atoms with Crippen molar-refractivity contribution in [3.05, 3.63) is 125 Å². The van der Waals surface area contributed by atoms with Gasteiger partial charge in [-0.3, -0.25) is 4.79 Å². The Morgan fingerprint density at radius 2 is 1.73 bits per heavy atom. The number of carbonyl (C=O) groups excluding carboxylic acids is 2. The van der Waals surface area contributed by atoms with Crippen molar-refractivity contribution >= 4 is 29.1 Å². The van der Waals surface area contributed by atoms with Gasteiger partial charge in [-0.25, -0.2) is 9.78 Å². The van der Waals surface area contributed by atoms with Crippen LogP contribution in [0.15, 0.2) is 97.3 Å². The Morgan fingerprint density at radius 3 is 2.45 bits per heavy atom. The molecule has 1 amide bonds. The zero-order valence-electron chi connectivity index (χ0n) is 22.1. The first-order valence-corrected chi connectivity index (χ1v) is 13.2. The highest BCUT2D eigenvalue weighted by Crippen LogP contribution is 2.23. The Kier molecular flexibility index (Phi) is 8.12. The molecule has 202 valence electrons. The Balaban J connectivity index is 1.25. The second-order valence-electron chi connectivity index (χ2n) is 9.49. The molecule has 1 unspecified atom stereocenters. The first-order valence-electron chi connectivity index (χ1n) is 12.8. The van der Waals surface area contributed by atoms with Crippen LogP contribution in [0.3, 0.4) is 0 Å². The van der Waals surface area contributed by atoms with Crippen LogP contribution in [0.4, 0.5) is 0 Å². The number of ether oxygens (including phenoxy) is 2. The molecule has 5 rings (SSSR count). The van der Waals surface area contributed by atoms with E-state index in [1.165, 1.54) is 12.7 Å². The zero-order valence-corrected chi connectivity index (χ0v) is 22.9. The summed E-state index contributed by atoms with van der Waals surface area (Å²) in [5.74, 6) is -0.293. The summed E-state index contributed by atoms with van der Waals surface area (Å²) in [6.07, 6.45) is 3.72. The van der Waals surface area contributed by atoms with E-state index in [1.54, 1.807) is 10.6 Å². The largest absolute Gasteiger partial charge is 0.489 e. The highest BCUT2D eigenvalue weighted by Gasteiger charge is 2.24. The van der Waals surface area contributed by atoms with Gasteiger partial charge in [-0.15, -0.1) is 0 Å². The molecule has 0 aliphatic rings. The zero-order chi connectivity index (χ0) is 28.1. The molecule has 1 N–H and O–H groups in total. The van der Waals surface area contributed by atoms with E-state index in [2.05, 4.69) is 16.4 Å². The van der Waals surface area contributed by atoms with Crippen molar-refractivity contribution in [2.75, 3.05) is 7.11 Å². The van der Waals surface area contributed by atoms with Crippen molar-refractivity contribution in [2.24, 2.45) is 0 Å². The SMILES string of the molecule is COC(=O)C(Cc1ccc(OCc2cccc(C)c2)cc1)NC(=O)c1cn2ccc(-c3ccc(Cl)cc3)cc2n1. The molecule has 0 radical (unpaired) electrons. The molecule has 0 aliphatic heterocycles. The summed E-state index contributed by atoms with van der Waals surface area (Å²) in [5.41, 5.74) is 5.85. The molecule has 8 heteroatoms. The molecule has 0 saturated heterocycles. The summed E-state index contributed by atoms with van der Waals surface area (Å²) in [6.45, 7) is 2.50. The predicted octanol–water partition coefficient (Wildman–Crippen LogP) is 6.06. The highest BCUT2D eigenvalue weighted by molar-refractivity contribution is 6.30. The highest BCUT2D eigenvalue weighted by atomic mass is 35.5. The number of aryl methyl sites for hydroxylation is 1. The number of halogens is 1. The van der Waals surface area contributed by atoms with Crippen LogP contribution in [0.5, 0.6) is 5.75 Å². The minimum absolute atomic E-state index is 0.196. The molecule has 0 bridgehead atoms. The topological polar surface area (TPSA) is 81.9 Å². The van der Waals surface area contributed by atoms with Gasteiger partial charge >= 0.3 is 5.97 Å². The minimum Gasteiger partial charge on any atom is -0.489 e. The summed E-state index contributed by atoms with van der Waals surface area (Å²) >= 11 is 6.00. The number of rotatable bonds is 9. The van der Waals surface area contributed by atoms with Crippen LogP contribution in [-0.4, -0.2) is 34.4 Å². The number of pyridine rings is 1. The molecule has 1 atom stereocenters. The van der Waals surface area contributed by atoms with Gasteiger partial charge in [0.25, 0.3) is 5.91 Å². The first kappa shape index (κ1) is 27.0. The summed E-state index contributed by atoms with van der Waals surface area (Å²) in [4.78, 5) is 30.1. The lowest BCUT2D eigenvalue weighted by Crippen LogP contribution is -2.43. The number of aromatic nitrogens is 2. The second kappa shape index (κ2) is 12.1. The fraction of sp³-hybridized carbons (Fsp3) is 0.156. The van der Waals surface area contributed by atoms with E-state index >= 15 is 0 Å². The number of methoxy groups -OCH3 is 1. The lowest BCUT2D eigenvalue weighted by atomic mass is 10.1. The molecular weight excluding hydrogens is 526 g/mol. The standard InChI is InChI=1S/C32H28ClN3O4/c1-21-4-3-5-23(16-21)20-40-27-12-6-22(7-13-27)17-28(32(38)39-2)35-31(37)29-19-36-15-14-25(18-30(36)34-29)24-8-10-26(33)11-9-24/h3-16,18-19,28H,17,20H2,1-2H3,(H,35,37). The normalized spacial score (nSPS) is 11.7. The number of hydrogen-bond donors (Lipinski definition) is 1. The monoisotopic (exact) mass is 553 g/mol. The van der Waals surface area contributed by atoms with Crippen LogP contribution in [-0.2, 0) is 22.6 Å². The Morgan fingerprint density at radius 1 is 0.950 bits per heavy atom. The van der Waals surface area contributed by atoms with Crippen molar-refractivity contribution in [1.29, 1.82) is 0 Å². The summed E-state index contributed by atoms with van der Waals surface area (Å²) in [7, 11) is 1.30. The number of hydrogen-bond acceptors (Lipinski definition) is 5. The van der Waals surface area contributed by atoms with Gasteiger partial charge in [0.05, 0.1) is 7.11 Å². The third-order valence-electron chi connectivity index (χ3n) is 6.51. The van der Waals surface area contributed by atoms with Crippen LogP contribution in [0.1, 0.15) is 27.2 Å². The molecule has 3 aromatic carbocycles. The molecule has 0 aliphatic carbocycles. The second-order valence-corrected chi connectivity index (χ2v) is 9.93. The third kappa shape index (κ3) is 6.50. The van der Waals surface area contributed by atoms with Gasteiger partial charge in [0.2, 0.25) is 0 Å². The van der Waals surface area contributed by atoms with Crippen LogP contribution >= 0.6 is 11.6 Å². The lowest BCUT2D eigenvalue weighted by molar-refractivity contribution is -0.142. The van der Waals surface area contributed by atoms with Gasteiger partial charge in [-0.2, -0.15) is 0 Å². The average Bonchev–Trinajstić information content (AvgIpc) is 3.40. The number of benzene rings is 3. The van der Waals surface area contributed by atoms with Crippen molar-refractivity contribution in [3.63, 3.8) is 0 Å². The molecule has 7 nitrogen and oxygen atoms in total. The molecule has 2 aromatic heterocycles. The van der Waals surface area contributed by atoms with Gasteiger partial charge in [0.15, 0.2) is 0 Å². The van der Waals surface area contributed by atoms with E-state index < -0.39 is 17.9 Å². The minimum atomic E-state index is -0.883. The van der Waals surface area contributed by atoms with Gasteiger partial charge in [-0.1, -0.05) is 65.7 Å². The van der Waals surface area contributed by atoms with E-state index in [4.69, 9.17) is 21.1 Å². The van der Waals surface area contributed by atoms with Crippen molar-refractivity contribution < 1.29 is 19.1 Å². The van der Waals surface area contributed by atoms with Crippen molar-refractivity contribution in [2.45, 2.75) is 26.0 Å². The van der Waals surface area contributed by atoms with Crippen LogP contribution in [0.25, 0.3) is 16.8 Å². The van der Waals surface area contributed by atoms with Crippen molar-refractivity contribution in [1.82, 2.24) is 14.7 Å². The molecule has 40 heavy (non-hydrogen) atoms. The third-order valence-corrected chi connectivity index (χ3v) is 6.76. The van der Waals surface area contributed by atoms with Gasteiger partial charge in [0.1, 0.15) is 29.7 Å². The fourth-order valence-corrected chi connectivity index (χ4v) is 4.53. The summed E-state index contributed by atoms with van der Waals surface area (Å²) in [6, 6.07) is 26.0. The maximum Gasteiger partial charge on any atom is 0.328 e. The molecule has 0 saturated carbocycles. The lowest BCUT2D eigenvalue weighted by Gasteiger charge is -2.16. The fourth-order valence-electron chi connectivity index (χ4n) is 4.41. The maximum absolute atomic E-state index is 13.1. The Labute approximate surface area is 237 Å². The predicted molar refractivity (Wildman–Crippen MR) is 155 cm³/mol. The smallest absolute Gasteiger partial charge is 0.328 e. The molecular formula is C32H28ClN3O4. The number of fused-ring (bicyclic) bond motifs is 1. The summed E-state index contributed by atoms with van der Waals surface area (Å²) in [5, 5.41) is 3.44. The number of imidazole rings is 1. The number of carbonyl (C=O) groups is 2. The number of nitrogens with one attached hydrogen (secondary N) is 1. The average molecular weight is 554 g/mol. The molecule has 5 aromatic rings. The summed E-state index contributed by atoms with van der Waals surface area (Å²) < 4.78 is 12.6. The Bertz CT molecular complexity index is 1650. The van der Waals surface area contributed by atoms with E-state index in [-0.39, 0.29) is 12.1 Å². The van der Waals surface area contributed by atoms with E-state index in [9.17, 15) is 9.59 Å². The van der Waals surface area contributed by atoms with E-state index in [1.807, 2.05) is 92.0 Å². The van der Waals surface area contributed by atoms with Gasteiger partial charge < -0.3 is 19.2 Å². The van der Waals surface area contributed by atoms with Crippen LogP contribution in [0, 0.1) is 6.92 Å². The van der Waals surface area contributed by atoms with E-state index in [0.717, 1.165) is 22.3 Å². The number of amides is 1. The van der Waals surface area contributed by atoms with E-state index in [0.29, 0.717) is 23.0 Å². The number of nitrogens with zero attached hydrogens (tertiary/aromatic N) is 2. The van der Waals surface area contributed by atoms with Crippen molar-refractivity contribution in [3.8, 4) is 16.9 Å². The first-order chi connectivity index (χ1) is 19.4. The maximum atomic E-state index is 13.1. The molecule has 0 spiro atoms. The number of esters is 1. The Hall–Kier alpha value is -4.62. The molecule has 2 heterocycles. The van der Waals surface area contributed by atoms with Gasteiger partial charge in [-0.05, 0) is 65.6 Å².